The van der Waals surface area contributed by atoms with E-state index in [1.54, 1.807) is 0 Å². The fourth-order valence-electron chi connectivity index (χ4n) is 1.96. The number of amides is 1. The molecule has 0 aliphatic carbocycles. The molecule has 0 aliphatic rings. The molecule has 0 aliphatic heterocycles. The molecule has 0 unspecified atom stereocenters. The maximum atomic E-state index is 11.9. The molecule has 0 aromatic heterocycles. The number of nitrogens with one attached hydrogen (secondary N) is 1. The minimum atomic E-state index is -0.582. The number of nitro groups is 1. The molecule has 1 amide bonds. The second-order valence-corrected chi connectivity index (χ2v) is 4.99. The molecule has 0 saturated heterocycles. The zero-order valence-electron chi connectivity index (χ0n) is 12.1. The Bertz CT molecular complexity index is 696. The topological polar surface area (TPSA) is 92.5 Å². The summed E-state index contributed by atoms with van der Waals surface area (Å²) < 4.78 is 0. The zero-order chi connectivity index (χ0) is 16.1. The van der Waals surface area contributed by atoms with Crippen molar-refractivity contribution in [3.05, 3.63) is 63.7 Å². The fourth-order valence-corrected chi connectivity index (χ4v) is 1.96. The molecule has 6 heteroatoms. The van der Waals surface area contributed by atoms with Crippen LogP contribution in [0, 0.1) is 17.0 Å². The van der Waals surface area contributed by atoms with Crippen molar-refractivity contribution in [3.63, 3.8) is 0 Å². The van der Waals surface area contributed by atoms with Crippen molar-refractivity contribution in [1.82, 2.24) is 0 Å². The Labute approximate surface area is 127 Å². The number of aromatic hydroxyl groups is 1. The van der Waals surface area contributed by atoms with Gasteiger partial charge in [0.1, 0.15) is 5.75 Å². The van der Waals surface area contributed by atoms with Gasteiger partial charge in [0.25, 0.3) is 5.69 Å². The van der Waals surface area contributed by atoms with E-state index in [1.807, 2.05) is 31.2 Å². The Morgan fingerprint density at radius 2 is 1.91 bits per heavy atom. The van der Waals surface area contributed by atoms with E-state index < -0.39 is 4.92 Å². The van der Waals surface area contributed by atoms with Crippen molar-refractivity contribution in [3.8, 4) is 5.75 Å². The molecule has 6 nitrogen and oxygen atoms in total. The Morgan fingerprint density at radius 3 is 2.55 bits per heavy atom. The van der Waals surface area contributed by atoms with E-state index >= 15 is 0 Å². The highest BCUT2D eigenvalue weighted by atomic mass is 16.6. The number of anilines is 1. The van der Waals surface area contributed by atoms with E-state index in [0.29, 0.717) is 6.42 Å². The molecular weight excluding hydrogens is 284 g/mol. The van der Waals surface area contributed by atoms with Crippen LogP contribution in [0.2, 0.25) is 0 Å². The highest BCUT2D eigenvalue weighted by molar-refractivity contribution is 5.92. The van der Waals surface area contributed by atoms with Crippen LogP contribution in [0.5, 0.6) is 5.75 Å². The van der Waals surface area contributed by atoms with Crippen LogP contribution >= 0.6 is 0 Å². The first-order valence-corrected chi connectivity index (χ1v) is 6.78. The Balaban J connectivity index is 1.98. The number of carbonyl (C=O) groups excluding carboxylic acids is 1. The van der Waals surface area contributed by atoms with Crippen LogP contribution in [0.1, 0.15) is 17.5 Å². The lowest BCUT2D eigenvalue weighted by Crippen LogP contribution is -2.12. The van der Waals surface area contributed by atoms with Crippen molar-refractivity contribution in [2.75, 3.05) is 5.32 Å². The SMILES string of the molecule is Cc1ccc(CCC(=O)Nc2cc([N+](=O)[O-])ccc2O)cc1. The number of phenols is 1. The first-order chi connectivity index (χ1) is 10.5. The van der Waals surface area contributed by atoms with Gasteiger partial charge >= 0.3 is 0 Å². The summed E-state index contributed by atoms with van der Waals surface area (Å²) in [5.41, 5.74) is 2.04. The van der Waals surface area contributed by atoms with Crippen LogP contribution < -0.4 is 5.32 Å². The molecule has 2 aromatic rings. The Morgan fingerprint density at radius 1 is 1.23 bits per heavy atom. The second-order valence-electron chi connectivity index (χ2n) is 4.99. The number of benzene rings is 2. The molecule has 0 bridgehead atoms. The third-order valence-electron chi connectivity index (χ3n) is 3.23. The summed E-state index contributed by atoms with van der Waals surface area (Å²) in [4.78, 5) is 22.0. The molecular formula is C16H16N2O4. The van der Waals surface area contributed by atoms with Crippen LogP contribution in [0.15, 0.2) is 42.5 Å². The standard InChI is InChI=1S/C16H16N2O4/c1-11-2-4-12(5-3-11)6-9-16(20)17-14-10-13(18(21)22)7-8-15(14)19/h2-5,7-8,10,19H,6,9H2,1H3,(H,17,20). The predicted octanol–water partition coefficient (Wildman–Crippen LogP) is 3.18. The summed E-state index contributed by atoms with van der Waals surface area (Å²) in [7, 11) is 0. The average molecular weight is 300 g/mol. The van der Waals surface area contributed by atoms with Gasteiger partial charge in [-0.15, -0.1) is 0 Å². The van der Waals surface area contributed by atoms with Gasteiger partial charge in [-0.25, -0.2) is 0 Å². The smallest absolute Gasteiger partial charge is 0.271 e. The van der Waals surface area contributed by atoms with Crippen LogP contribution in [0.3, 0.4) is 0 Å². The average Bonchev–Trinajstić information content (AvgIpc) is 2.48. The third-order valence-corrected chi connectivity index (χ3v) is 3.23. The first-order valence-electron chi connectivity index (χ1n) is 6.78. The lowest BCUT2D eigenvalue weighted by Gasteiger charge is -2.07. The molecule has 2 aromatic carbocycles. The molecule has 2 rings (SSSR count). The highest BCUT2D eigenvalue weighted by Gasteiger charge is 2.12. The van der Waals surface area contributed by atoms with Gasteiger partial charge in [0.05, 0.1) is 10.6 Å². The molecule has 0 fully saturated rings. The lowest BCUT2D eigenvalue weighted by atomic mass is 10.1. The molecule has 22 heavy (non-hydrogen) atoms. The summed E-state index contributed by atoms with van der Waals surface area (Å²) in [5.74, 6) is -0.509. The van der Waals surface area contributed by atoms with Gasteiger partial charge in [-0.2, -0.15) is 0 Å². The van der Waals surface area contributed by atoms with Crippen molar-refractivity contribution < 1.29 is 14.8 Å². The van der Waals surface area contributed by atoms with Gasteiger partial charge in [0.2, 0.25) is 5.91 Å². The summed E-state index contributed by atoms with van der Waals surface area (Å²) >= 11 is 0. The van der Waals surface area contributed by atoms with E-state index in [0.717, 1.165) is 17.2 Å². The van der Waals surface area contributed by atoms with Crippen molar-refractivity contribution in [1.29, 1.82) is 0 Å². The number of nitrogens with zero attached hydrogens (tertiary/aromatic N) is 1. The summed E-state index contributed by atoms with van der Waals surface area (Å²) in [6.07, 6.45) is 0.785. The minimum Gasteiger partial charge on any atom is -0.506 e. The number of hydrogen-bond donors (Lipinski definition) is 2. The highest BCUT2D eigenvalue weighted by Crippen LogP contribution is 2.27. The van der Waals surface area contributed by atoms with Crippen LogP contribution in [0.4, 0.5) is 11.4 Å². The lowest BCUT2D eigenvalue weighted by molar-refractivity contribution is -0.384. The fraction of sp³-hybridized carbons (Fsp3) is 0.188. The van der Waals surface area contributed by atoms with Gasteiger partial charge in [-0.3, -0.25) is 14.9 Å². The van der Waals surface area contributed by atoms with E-state index in [2.05, 4.69) is 5.32 Å². The largest absolute Gasteiger partial charge is 0.506 e. The molecule has 0 spiro atoms. The Kier molecular flexibility index (Phi) is 4.73. The number of carbonyl (C=O) groups is 1. The molecule has 0 radical (unpaired) electrons. The summed E-state index contributed by atoms with van der Waals surface area (Å²) in [6, 6.07) is 11.4. The van der Waals surface area contributed by atoms with E-state index in [-0.39, 0.29) is 29.5 Å². The van der Waals surface area contributed by atoms with Gasteiger partial charge < -0.3 is 10.4 Å². The molecule has 0 atom stereocenters. The monoisotopic (exact) mass is 300 g/mol. The maximum Gasteiger partial charge on any atom is 0.271 e. The number of non-ortho nitro benzene ring substituents is 1. The molecule has 114 valence electrons. The number of nitro benzene ring substituents is 1. The zero-order valence-corrected chi connectivity index (χ0v) is 12.1. The van der Waals surface area contributed by atoms with Crippen LogP contribution in [0.25, 0.3) is 0 Å². The van der Waals surface area contributed by atoms with Crippen LogP contribution in [-0.4, -0.2) is 15.9 Å². The molecule has 2 N–H and O–H groups in total. The number of phenolic OH excluding ortho intramolecular Hbond substituents is 1. The van der Waals surface area contributed by atoms with E-state index in [4.69, 9.17) is 0 Å². The maximum absolute atomic E-state index is 11.9. The number of rotatable bonds is 5. The second kappa shape index (κ2) is 6.71. The summed E-state index contributed by atoms with van der Waals surface area (Å²) in [5, 5.41) is 22.8. The van der Waals surface area contributed by atoms with Crippen LogP contribution in [-0.2, 0) is 11.2 Å². The number of aryl methyl sites for hydroxylation is 2. The predicted molar refractivity (Wildman–Crippen MR) is 82.9 cm³/mol. The van der Waals surface area contributed by atoms with Gasteiger partial charge in [0.15, 0.2) is 0 Å². The molecule has 0 heterocycles. The quantitative estimate of drug-likeness (QED) is 0.504. The first kappa shape index (κ1) is 15.5. The third kappa shape index (κ3) is 4.05. The minimum absolute atomic E-state index is 0.0445. The van der Waals surface area contributed by atoms with E-state index in [1.165, 1.54) is 12.1 Å². The summed E-state index contributed by atoms with van der Waals surface area (Å²) in [6.45, 7) is 1.99. The number of hydrogen-bond acceptors (Lipinski definition) is 4. The van der Waals surface area contributed by atoms with Gasteiger partial charge in [-0.1, -0.05) is 29.8 Å². The Hall–Kier alpha value is -2.89. The van der Waals surface area contributed by atoms with Crippen molar-refractivity contribution >= 4 is 17.3 Å². The normalized spacial score (nSPS) is 10.2. The van der Waals surface area contributed by atoms with Gasteiger partial charge in [0, 0.05) is 18.6 Å². The van der Waals surface area contributed by atoms with Gasteiger partial charge in [-0.05, 0) is 25.0 Å². The molecule has 0 saturated carbocycles. The van der Waals surface area contributed by atoms with Crippen molar-refractivity contribution in [2.45, 2.75) is 19.8 Å². The van der Waals surface area contributed by atoms with Crippen molar-refractivity contribution in [2.24, 2.45) is 0 Å². The van der Waals surface area contributed by atoms with E-state index in [9.17, 15) is 20.0 Å².